The zero-order chi connectivity index (χ0) is 20.2. The lowest BCUT2D eigenvalue weighted by Gasteiger charge is -2.14. The van der Waals surface area contributed by atoms with Crippen LogP contribution in [-0.2, 0) is 15.8 Å². The molecule has 0 unspecified atom stereocenters. The van der Waals surface area contributed by atoms with Crippen molar-refractivity contribution in [2.75, 3.05) is 11.9 Å². The van der Waals surface area contributed by atoms with Crippen molar-refractivity contribution in [1.82, 2.24) is 5.32 Å². The Bertz CT molecular complexity index is 839. The quantitative estimate of drug-likeness (QED) is 0.688. The molecule has 0 aliphatic rings. The molecule has 3 N–H and O–H groups in total. The number of nitrogens with one attached hydrogen (secondary N) is 2. The third kappa shape index (κ3) is 5.45. The third-order valence-corrected chi connectivity index (χ3v) is 4.21. The lowest BCUT2D eigenvalue weighted by Crippen LogP contribution is -2.37. The SMILES string of the molecule is Cc1c(Cl)cccc1NC(=O)C(=O)NC[C@H](O)c1ccc(C(F)(F)F)cc1. The van der Waals surface area contributed by atoms with E-state index in [1.807, 2.05) is 0 Å². The van der Waals surface area contributed by atoms with Crippen LogP contribution in [0, 0.1) is 6.92 Å². The van der Waals surface area contributed by atoms with E-state index < -0.39 is 29.7 Å². The molecule has 0 heterocycles. The Hall–Kier alpha value is -2.58. The first-order valence-electron chi connectivity index (χ1n) is 7.79. The van der Waals surface area contributed by atoms with Crippen molar-refractivity contribution in [3.8, 4) is 0 Å². The minimum Gasteiger partial charge on any atom is -0.387 e. The first-order chi connectivity index (χ1) is 12.6. The summed E-state index contributed by atoms with van der Waals surface area (Å²) in [5.41, 5.74) is 0.282. The van der Waals surface area contributed by atoms with Gasteiger partial charge < -0.3 is 15.7 Å². The second kappa shape index (κ2) is 8.41. The second-order valence-corrected chi connectivity index (χ2v) is 6.12. The van der Waals surface area contributed by atoms with E-state index in [0.717, 1.165) is 24.3 Å². The number of hydrogen-bond donors (Lipinski definition) is 3. The highest BCUT2D eigenvalue weighted by molar-refractivity contribution is 6.40. The summed E-state index contributed by atoms with van der Waals surface area (Å²) in [5, 5.41) is 15.0. The number of carbonyl (C=O) groups is 2. The van der Waals surface area contributed by atoms with Crippen LogP contribution in [0.1, 0.15) is 22.8 Å². The minimum atomic E-state index is -4.48. The van der Waals surface area contributed by atoms with E-state index in [4.69, 9.17) is 11.6 Å². The molecule has 1 atom stereocenters. The third-order valence-electron chi connectivity index (χ3n) is 3.80. The maximum atomic E-state index is 12.5. The van der Waals surface area contributed by atoms with Gasteiger partial charge in [-0.15, -0.1) is 0 Å². The molecule has 0 spiro atoms. The maximum absolute atomic E-state index is 12.5. The van der Waals surface area contributed by atoms with Crippen LogP contribution in [0.25, 0.3) is 0 Å². The summed E-state index contributed by atoms with van der Waals surface area (Å²) in [6.45, 7) is 1.33. The molecule has 0 radical (unpaired) electrons. The van der Waals surface area contributed by atoms with Crippen molar-refractivity contribution >= 4 is 29.1 Å². The van der Waals surface area contributed by atoms with E-state index in [0.29, 0.717) is 16.3 Å². The lowest BCUT2D eigenvalue weighted by molar-refractivity contribution is -0.137. The van der Waals surface area contributed by atoms with E-state index in [2.05, 4.69) is 10.6 Å². The van der Waals surface area contributed by atoms with Gasteiger partial charge in [0.1, 0.15) is 0 Å². The Kier molecular flexibility index (Phi) is 6.45. The molecule has 0 fully saturated rings. The van der Waals surface area contributed by atoms with E-state index in [-0.39, 0.29) is 12.1 Å². The Balaban J connectivity index is 1.92. The van der Waals surface area contributed by atoms with Gasteiger partial charge in [-0.2, -0.15) is 13.2 Å². The van der Waals surface area contributed by atoms with Gasteiger partial charge >= 0.3 is 18.0 Å². The van der Waals surface area contributed by atoms with Crippen LogP contribution in [0.15, 0.2) is 42.5 Å². The van der Waals surface area contributed by atoms with Gasteiger partial charge in [0.05, 0.1) is 11.7 Å². The molecule has 5 nitrogen and oxygen atoms in total. The zero-order valence-electron chi connectivity index (χ0n) is 14.1. The van der Waals surface area contributed by atoms with Gasteiger partial charge in [0, 0.05) is 17.3 Å². The van der Waals surface area contributed by atoms with Crippen LogP contribution in [0.2, 0.25) is 5.02 Å². The summed E-state index contributed by atoms with van der Waals surface area (Å²) in [5.74, 6) is -1.96. The number of aliphatic hydroxyl groups is 1. The summed E-state index contributed by atoms with van der Waals surface area (Å²) in [4.78, 5) is 23.8. The molecule has 144 valence electrons. The molecule has 0 aliphatic carbocycles. The van der Waals surface area contributed by atoms with Crippen molar-refractivity contribution in [2.45, 2.75) is 19.2 Å². The number of aliphatic hydroxyl groups excluding tert-OH is 1. The Morgan fingerprint density at radius 1 is 1.11 bits per heavy atom. The lowest BCUT2D eigenvalue weighted by atomic mass is 10.1. The number of halogens is 4. The summed E-state index contributed by atoms with van der Waals surface area (Å²) < 4.78 is 37.6. The van der Waals surface area contributed by atoms with E-state index in [1.54, 1.807) is 25.1 Å². The molecule has 2 aromatic rings. The number of benzene rings is 2. The van der Waals surface area contributed by atoms with Gasteiger partial charge in [0.15, 0.2) is 0 Å². The highest BCUT2D eigenvalue weighted by atomic mass is 35.5. The highest BCUT2D eigenvalue weighted by Crippen LogP contribution is 2.29. The normalized spacial score (nSPS) is 12.4. The number of rotatable bonds is 4. The number of carbonyl (C=O) groups excluding carboxylic acids is 2. The molecule has 0 aromatic heterocycles. The van der Waals surface area contributed by atoms with Crippen molar-refractivity contribution in [2.24, 2.45) is 0 Å². The van der Waals surface area contributed by atoms with Crippen molar-refractivity contribution in [1.29, 1.82) is 0 Å². The zero-order valence-corrected chi connectivity index (χ0v) is 14.9. The average molecular weight is 401 g/mol. The number of hydrogen-bond acceptors (Lipinski definition) is 3. The van der Waals surface area contributed by atoms with Crippen LogP contribution in [0.5, 0.6) is 0 Å². The van der Waals surface area contributed by atoms with Crippen molar-refractivity contribution in [3.05, 3.63) is 64.2 Å². The molecule has 0 aliphatic heterocycles. The van der Waals surface area contributed by atoms with E-state index in [1.165, 1.54) is 0 Å². The number of anilines is 1. The average Bonchev–Trinajstić information content (AvgIpc) is 2.62. The van der Waals surface area contributed by atoms with Crippen molar-refractivity contribution < 1.29 is 27.9 Å². The summed E-state index contributed by atoms with van der Waals surface area (Å²) in [6, 6.07) is 8.68. The van der Waals surface area contributed by atoms with Crippen LogP contribution in [0.4, 0.5) is 18.9 Å². The molecule has 2 amide bonds. The molecule has 2 aromatic carbocycles. The second-order valence-electron chi connectivity index (χ2n) is 5.71. The molecule has 0 saturated carbocycles. The summed E-state index contributed by atoms with van der Waals surface area (Å²) >= 11 is 5.93. The Labute approximate surface area is 158 Å². The van der Waals surface area contributed by atoms with Gasteiger partial charge in [-0.1, -0.05) is 29.8 Å². The molecule has 0 bridgehead atoms. The molecular formula is C18H16ClF3N2O3. The van der Waals surface area contributed by atoms with Gasteiger partial charge in [0.2, 0.25) is 0 Å². The van der Waals surface area contributed by atoms with E-state index in [9.17, 15) is 27.9 Å². The van der Waals surface area contributed by atoms with Gasteiger partial charge in [-0.25, -0.2) is 0 Å². The molecule has 27 heavy (non-hydrogen) atoms. The van der Waals surface area contributed by atoms with Gasteiger partial charge in [-0.3, -0.25) is 9.59 Å². The predicted molar refractivity (Wildman–Crippen MR) is 94.2 cm³/mol. The largest absolute Gasteiger partial charge is 0.416 e. The molecular weight excluding hydrogens is 385 g/mol. The van der Waals surface area contributed by atoms with Crippen LogP contribution < -0.4 is 10.6 Å². The van der Waals surface area contributed by atoms with Crippen LogP contribution >= 0.6 is 11.6 Å². The summed E-state index contributed by atoms with van der Waals surface area (Å²) in [7, 11) is 0. The molecule has 0 saturated heterocycles. The first-order valence-corrected chi connectivity index (χ1v) is 8.17. The Morgan fingerprint density at radius 2 is 1.74 bits per heavy atom. The summed E-state index contributed by atoms with van der Waals surface area (Å²) in [6.07, 6.45) is -5.74. The standard InChI is InChI=1S/C18H16ClF3N2O3/c1-10-13(19)3-2-4-14(10)24-17(27)16(26)23-9-15(25)11-5-7-12(8-6-11)18(20,21)22/h2-8,15,25H,9H2,1H3,(H,23,26)(H,24,27)/t15-/m0/s1. The highest BCUT2D eigenvalue weighted by Gasteiger charge is 2.30. The van der Waals surface area contributed by atoms with Crippen LogP contribution in [0.3, 0.4) is 0 Å². The topological polar surface area (TPSA) is 78.4 Å². The molecule has 2 rings (SSSR count). The molecule has 9 heteroatoms. The van der Waals surface area contributed by atoms with Crippen molar-refractivity contribution in [3.63, 3.8) is 0 Å². The fraction of sp³-hybridized carbons (Fsp3) is 0.222. The van der Waals surface area contributed by atoms with Gasteiger partial charge in [-0.05, 0) is 42.3 Å². The predicted octanol–water partition coefficient (Wildman–Crippen LogP) is 3.46. The number of amides is 2. The van der Waals surface area contributed by atoms with Gasteiger partial charge in [0.25, 0.3) is 0 Å². The van der Waals surface area contributed by atoms with E-state index >= 15 is 0 Å². The number of alkyl halides is 3. The maximum Gasteiger partial charge on any atom is 0.416 e. The monoisotopic (exact) mass is 400 g/mol. The fourth-order valence-corrected chi connectivity index (χ4v) is 2.38. The smallest absolute Gasteiger partial charge is 0.387 e. The minimum absolute atomic E-state index is 0.175. The first kappa shape index (κ1) is 20.7. The Morgan fingerprint density at radius 3 is 2.33 bits per heavy atom. The van der Waals surface area contributed by atoms with Crippen LogP contribution in [-0.4, -0.2) is 23.5 Å². The fourth-order valence-electron chi connectivity index (χ4n) is 2.20.